The first-order valence-corrected chi connectivity index (χ1v) is 12.0. The molecule has 1 N–H and O–H groups in total. The summed E-state index contributed by atoms with van der Waals surface area (Å²) in [7, 11) is 1.35. The van der Waals surface area contributed by atoms with Crippen LogP contribution in [0.25, 0.3) is 11.1 Å². The number of ether oxygens (including phenoxy) is 2. The van der Waals surface area contributed by atoms with Gasteiger partial charge in [0.2, 0.25) is 11.2 Å². The van der Waals surface area contributed by atoms with E-state index in [1.807, 2.05) is 62.4 Å². The Hall–Kier alpha value is -3.72. The molecule has 1 heterocycles. The fourth-order valence-corrected chi connectivity index (χ4v) is 4.63. The minimum absolute atomic E-state index is 0.0568. The Morgan fingerprint density at radius 1 is 1.03 bits per heavy atom. The van der Waals surface area contributed by atoms with Gasteiger partial charge in [0.15, 0.2) is 0 Å². The number of hydrogen-bond donors (Lipinski definition) is 1. The van der Waals surface area contributed by atoms with Gasteiger partial charge in [0.1, 0.15) is 6.61 Å². The Bertz CT molecular complexity index is 1220. The van der Waals surface area contributed by atoms with Gasteiger partial charge in [-0.05, 0) is 46.2 Å². The Balaban J connectivity index is 1.62. The molecule has 0 aliphatic heterocycles. The second-order valence-electron chi connectivity index (χ2n) is 8.97. The number of amides is 1. The topological polar surface area (TPSA) is 115 Å². The molecular formula is C26H27ClN4O5. The van der Waals surface area contributed by atoms with Gasteiger partial charge in [0, 0.05) is 12.5 Å². The Morgan fingerprint density at radius 3 is 2.19 bits per heavy atom. The van der Waals surface area contributed by atoms with E-state index in [1.165, 1.54) is 7.11 Å². The molecule has 1 aromatic heterocycles. The van der Waals surface area contributed by atoms with Crippen LogP contribution in [-0.4, -0.2) is 52.4 Å². The van der Waals surface area contributed by atoms with Gasteiger partial charge in [0.25, 0.3) is 0 Å². The molecule has 1 aliphatic carbocycles. The first-order valence-electron chi connectivity index (χ1n) is 11.6. The molecule has 1 amide bonds. The molecule has 0 saturated heterocycles. The molecule has 188 valence electrons. The van der Waals surface area contributed by atoms with Gasteiger partial charge in [-0.3, -0.25) is 4.79 Å². The van der Waals surface area contributed by atoms with Crippen molar-refractivity contribution in [1.82, 2.24) is 15.0 Å². The van der Waals surface area contributed by atoms with Gasteiger partial charge in [-0.1, -0.05) is 62.4 Å². The summed E-state index contributed by atoms with van der Waals surface area (Å²) in [6.45, 7) is 3.68. The summed E-state index contributed by atoms with van der Waals surface area (Å²) < 4.78 is 10.8. The molecular weight excluding hydrogens is 484 g/mol. The van der Waals surface area contributed by atoms with Crippen molar-refractivity contribution in [2.75, 3.05) is 25.2 Å². The van der Waals surface area contributed by atoms with Crippen LogP contribution in [0.1, 0.15) is 37.3 Å². The smallest absolute Gasteiger partial charge is 0.416 e. The molecule has 1 aliphatic rings. The maximum Gasteiger partial charge on any atom is 0.416 e. The Kier molecular flexibility index (Phi) is 7.69. The van der Waals surface area contributed by atoms with E-state index in [4.69, 9.17) is 21.1 Å². The lowest BCUT2D eigenvalue weighted by atomic mass is 9.97. The fraction of sp³-hybridized carbons (Fsp3) is 0.346. The Morgan fingerprint density at radius 2 is 1.64 bits per heavy atom. The van der Waals surface area contributed by atoms with E-state index in [0.717, 1.165) is 27.2 Å². The quantitative estimate of drug-likeness (QED) is 0.426. The normalized spacial score (nSPS) is 13.1. The molecule has 36 heavy (non-hydrogen) atoms. The molecule has 10 heteroatoms. The average molecular weight is 511 g/mol. The molecule has 0 bridgehead atoms. The lowest BCUT2D eigenvalue weighted by molar-refractivity contribution is -0.141. The third-order valence-corrected chi connectivity index (χ3v) is 6.23. The van der Waals surface area contributed by atoms with Crippen LogP contribution in [0.15, 0.2) is 48.5 Å². The van der Waals surface area contributed by atoms with Crippen molar-refractivity contribution in [3.63, 3.8) is 0 Å². The number of hydrogen-bond acceptors (Lipinski definition) is 7. The second-order valence-corrected chi connectivity index (χ2v) is 9.31. The van der Waals surface area contributed by atoms with Crippen LogP contribution in [0.3, 0.4) is 0 Å². The molecule has 0 fully saturated rings. The van der Waals surface area contributed by atoms with Crippen LogP contribution >= 0.6 is 11.6 Å². The zero-order chi connectivity index (χ0) is 25.8. The van der Waals surface area contributed by atoms with Crippen LogP contribution < -0.4 is 9.64 Å². The molecule has 0 radical (unpaired) electrons. The van der Waals surface area contributed by atoms with Crippen LogP contribution in [0.4, 0.5) is 10.7 Å². The highest BCUT2D eigenvalue weighted by atomic mass is 35.5. The first kappa shape index (κ1) is 25.4. The van der Waals surface area contributed by atoms with Crippen molar-refractivity contribution in [1.29, 1.82) is 0 Å². The predicted molar refractivity (Wildman–Crippen MR) is 134 cm³/mol. The minimum atomic E-state index is -1.03. The van der Waals surface area contributed by atoms with Crippen LogP contribution in [0.5, 0.6) is 6.01 Å². The average Bonchev–Trinajstić information content (AvgIpc) is 3.18. The number of rotatable bonds is 9. The molecule has 4 rings (SSSR count). The summed E-state index contributed by atoms with van der Waals surface area (Å²) in [4.78, 5) is 38.5. The predicted octanol–water partition coefficient (Wildman–Crippen LogP) is 5.04. The molecule has 0 spiro atoms. The van der Waals surface area contributed by atoms with Gasteiger partial charge in [-0.15, -0.1) is 0 Å². The number of halogens is 1. The van der Waals surface area contributed by atoms with E-state index in [-0.39, 0.29) is 42.2 Å². The highest BCUT2D eigenvalue weighted by Gasteiger charge is 2.33. The standard InChI is InChI=1S/C26H27ClN4O5/c1-15(2)12-16(22(32)33)13-31(24-28-23(27)29-25(30-24)35-3)26(34)36-14-21-19-10-6-4-8-17(19)18-9-5-7-11-20(18)21/h4-11,15-16,21H,12-14H2,1-3H3,(H,32,33). The van der Waals surface area contributed by atoms with Gasteiger partial charge >= 0.3 is 18.1 Å². The van der Waals surface area contributed by atoms with Crippen LogP contribution in [0, 0.1) is 11.8 Å². The fourth-order valence-electron chi connectivity index (χ4n) is 4.49. The summed E-state index contributed by atoms with van der Waals surface area (Å²) in [6.07, 6.45) is -0.436. The number of aromatic nitrogens is 3. The summed E-state index contributed by atoms with van der Waals surface area (Å²) in [5, 5.41) is 9.60. The monoisotopic (exact) mass is 510 g/mol. The van der Waals surface area contributed by atoms with Crippen LogP contribution in [-0.2, 0) is 9.53 Å². The van der Waals surface area contributed by atoms with Gasteiger partial charge in [-0.25, -0.2) is 9.69 Å². The number of methoxy groups -OCH3 is 1. The van der Waals surface area contributed by atoms with E-state index < -0.39 is 18.0 Å². The van der Waals surface area contributed by atoms with E-state index >= 15 is 0 Å². The molecule has 9 nitrogen and oxygen atoms in total. The number of anilines is 1. The van der Waals surface area contributed by atoms with Crippen molar-refractivity contribution >= 4 is 29.6 Å². The molecule has 1 atom stereocenters. The maximum absolute atomic E-state index is 13.4. The molecule has 1 unspecified atom stereocenters. The maximum atomic E-state index is 13.4. The minimum Gasteiger partial charge on any atom is -0.481 e. The summed E-state index contributed by atoms with van der Waals surface area (Å²) in [5.74, 6) is -2.11. The summed E-state index contributed by atoms with van der Waals surface area (Å²) in [5.41, 5.74) is 4.32. The number of carboxylic acid groups (broad SMARTS) is 1. The first-order chi connectivity index (χ1) is 17.3. The SMILES string of the molecule is COc1nc(Cl)nc(N(CC(CC(C)C)C(=O)O)C(=O)OCC2c3ccccc3-c3ccccc32)n1. The van der Waals surface area contributed by atoms with Gasteiger partial charge < -0.3 is 14.6 Å². The number of carbonyl (C=O) groups is 2. The zero-order valence-electron chi connectivity index (χ0n) is 20.2. The van der Waals surface area contributed by atoms with Crippen molar-refractivity contribution in [3.05, 3.63) is 64.9 Å². The highest BCUT2D eigenvalue weighted by molar-refractivity contribution is 6.28. The van der Waals surface area contributed by atoms with E-state index in [1.54, 1.807) is 0 Å². The Labute approximate surface area is 214 Å². The zero-order valence-corrected chi connectivity index (χ0v) is 21.0. The lowest BCUT2D eigenvalue weighted by Gasteiger charge is -2.25. The number of nitrogens with zero attached hydrogens (tertiary/aromatic N) is 4. The molecule has 0 saturated carbocycles. The largest absolute Gasteiger partial charge is 0.481 e. The molecule has 2 aromatic carbocycles. The van der Waals surface area contributed by atoms with Crippen molar-refractivity contribution in [3.8, 4) is 17.1 Å². The second kappa shape index (κ2) is 10.9. The van der Waals surface area contributed by atoms with Gasteiger partial charge in [0.05, 0.1) is 13.0 Å². The van der Waals surface area contributed by atoms with Crippen LogP contribution in [0.2, 0.25) is 5.28 Å². The number of carbonyl (C=O) groups excluding carboxylic acids is 1. The lowest BCUT2D eigenvalue weighted by Crippen LogP contribution is -2.40. The van der Waals surface area contributed by atoms with Crippen molar-refractivity contribution in [2.45, 2.75) is 26.2 Å². The van der Waals surface area contributed by atoms with E-state index in [2.05, 4.69) is 15.0 Å². The molecule has 3 aromatic rings. The summed E-state index contributed by atoms with van der Waals surface area (Å²) in [6, 6.07) is 15.9. The highest BCUT2D eigenvalue weighted by Crippen LogP contribution is 2.44. The third-order valence-electron chi connectivity index (χ3n) is 6.06. The number of benzene rings is 2. The van der Waals surface area contributed by atoms with Crippen molar-refractivity contribution < 1.29 is 24.2 Å². The van der Waals surface area contributed by atoms with Gasteiger partial charge in [-0.2, -0.15) is 15.0 Å². The summed E-state index contributed by atoms with van der Waals surface area (Å²) >= 11 is 6.02. The number of aliphatic carboxylic acids is 1. The number of fused-ring (bicyclic) bond motifs is 3. The van der Waals surface area contributed by atoms with E-state index in [9.17, 15) is 14.7 Å². The third kappa shape index (κ3) is 5.41. The van der Waals surface area contributed by atoms with Crippen molar-refractivity contribution in [2.24, 2.45) is 11.8 Å². The number of carboxylic acids is 1. The van der Waals surface area contributed by atoms with E-state index in [0.29, 0.717) is 6.42 Å².